The third kappa shape index (κ3) is 3.82. The first-order valence-electron chi connectivity index (χ1n) is 13.1. The Morgan fingerprint density at radius 2 is 1.39 bits per heavy atom. The number of hydrogen-bond donors (Lipinski definition) is 1. The Morgan fingerprint density at radius 1 is 0.842 bits per heavy atom. The molecule has 204 valence electrons. The van der Waals surface area contributed by atoms with Crippen molar-refractivity contribution < 1.29 is 29.0 Å². The van der Waals surface area contributed by atoms with Crippen LogP contribution in [0, 0.1) is 33.2 Å². The average molecular weight is 635 g/mol. The average Bonchev–Trinajstić information content (AvgIpc) is 3.23. The van der Waals surface area contributed by atoms with E-state index in [0.29, 0.717) is 16.4 Å². The molecule has 2 saturated heterocycles. The van der Waals surface area contributed by atoms with E-state index < -0.39 is 40.7 Å². The van der Waals surface area contributed by atoms with Crippen LogP contribution in [-0.4, -0.2) is 56.7 Å². The summed E-state index contributed by atoms with van der Waals surface area (Å²) in [6.07, 6.45) is 2.81. The molecule has 0 aromatic heterocycles. The van der Waals surface area contributed by atoms with Gasteiger partial charge in [0.1, 0.15) is 0 Å². The standard InChI is InChI=1S/C29H35IN2O6/c1-28(2,3)31-24(34)15-9-8-14-16(21(15)26(31)36)12-17-22(27(37)32(25(17)35)29(4,5)6)20(14)13-10-18(30)23(33)19(11-13)38-7/h8,10-11,15-17,20-22,33H,9,12H2,1-7H3/t15-,16+,17+,20-,21-,22+/m0/s1. The van der Waals surface area contributed by atoms with Crippen LogP contribution in [0.25, 0.3) is 0 Å². The third-order valence-electron chi connectivity index (χ3n) is 8.62. The first-order chi connectivity index (χ1) is 17.6. The molecule has 4 aliphatic rings. The second-order valence-electron chi connectivity index (χ2n) is 12.9. The first kappa shape index (κ1) is 27.1. The fourth-order valence-electron chi connectivity index (χ4n) is 7.21. The molecule has 8 nitrogen and oxygen atoms in total. The summed E-state index contributed by atoms with van der Waals surface area (Å²) in [4.78, 5) is 57.8. The largest absolute Gasteiger partial charge is 0.504 e. The molecular formula is C29H35IN2O6. The van der Waals surface area contributed by atoms with Crippen molar-refractivity contribution in [2.75, 3.05) is 7.11 Å². The lowest BCUT2D eigenvalue weighted by atomic mass is 9.57. The maximum absolute atomic E-state index is 14.0. The van der Waals surface area contributed by atoms with E-state index in [1.165, 1.54) is 16.9 Å². The Hall–Kier alpha value is -2.43. The van der Waals surface area contributed by atoms with Gasteiger partial charge in [0.15, 0.2) is 11.5 Å². The number of ether oxygens (including phenoxy) is 1. The number of amides is 4. The smallest absolute Gasteiger partial charge is 0.234 e. The van der Waals surface area contributed by atoms with Crippen molar-refractivity contribution >= 4 is 46.2 Å². The number of fused-ring (bicyclic) bond motifs is 4. The van der Waals surface area contributed by atoms with Crippen molar-refractivity contribution in [2.24, 2.45) is 29.6 Å². The fourth-order valence-corrected chi connectivity index (χ4v) is 7.84. The summed E-state index contributed by atoms with van der Waals surface area (Å²) >= 11 is 2.03. The number of halogens is 1. The number of methoxy groups -OCH3 is 1. The Kier molecular flexibility index (Phi) is 6.28. The van der Waals surface area contributed by atoms with Crippen molar-refractivity contribution in [1.29, 1.82) is 0 Å². The zero-order chi connectivity index (χ0) is 28.1. The number of benzene rings is 1. The van der Waals surface area contributed by atoms with Gasteiger partial charge in [-0.1, -0.05) is 11.6 Å². The van der Waals surface area contributed by atoms with E-state index >= 15 is 0 Å². The Morgan fingerprint density at radius 3 is 1.95 bits per heavy atom. The normalized spacial score (nSPS) is 31.3. The monoisotopic (exact) mass is 634 g/mol. The maximum Gasteiger partial charge on any atom is 0.234 e. The number of imide groups is 2. The van der Waals surface area contributed by atoms with Gasteiger partial charge in [-0.2, -0.15) is 0 Å². The van der Waals surface area contributed by atoms with Gasteiger partial charge in [-0.3, -0.25) is 29.0 Å². The van der Waals surface area contributed by atoms with Crippen LogP contribution in [-0.2, 0) is 19.2 Å². The summed E-state index contributed by atoms with van der Waals surface area (Å²) in [5.41, 5.74) is 0.353. The number of hydrogen-bond acceptors (Lipinski definition) is 6. The Labute approximate surface area is 236 Å². The molecule has 38 heavy (non-hydrogen) atoms. The van der Waals surface area contributed by atoms with Crippen molar-refractivity contribution in [3.05, 3.63) is 32.9 Å². The molecule has 0 unspecified atom stereocenters. The van der Waals surface area contributed by atoms with Crippen molar-refractivity contribution in [3.8, 4) is 11.5 Å². The van der Waals surface area contributed by atoms with Crippen LogP contribution in [0.5, 0.6) is 11.5 Å². The minimum atomic E-state index is -0.693. The van der Waals surface area contributed by atoms with Crippen molar-refractivity contribution in [2.45, 2.75) is 71.4 Å². The molecule has 2 aliphatic carbocycles. The van der Waals surface area contributed by atoms with Crippen LogP contribution in [0.15, 0.2) is 23.8 Å². The predicted molar refractivity (Wildman–Crippen MR) is 148 cm³/mol. The number of carbonyl (C=O) groups is 4. The summed E-state index contributed by atoms with van der Waals surface area (Å²) in [7, 11) is 1.47. The van der Waals surface area contributed by atoms with E-state index in [9.17, 15) is 24.3 Å². The van der Waals surface area contributed by atoms with Crippen molar-refractivity contribution in [3.63, 3.8) is 0 Å². The molecule has 1 aromatic carbocycles. The SMILES string of the molecule is COc1cc([C@H]2C3=CC[C@@H]4C(=O)N(C(C)(C)C)C(=O)[C@@H]4[C@@H]3C[C@H]3C(=O)N(C(C)(C)C)C(=O)[C@@H]23)cc(I)c1O. The quantitative estimate of drug-likeness (QED) is 0.297. The van der Waals surface area contributed by atoms with Gasteiger partial charge >= 0.3 is 0 Å². The van der Waals surface area contributed by atoms with Gasteiger partial charge in [-0.05, 0) is 101 Å². The highest BCUT2D eigenvalue weighted by Crippen LogP contribution is 2.59. The van der Waals surface area contributed by atoms with Crippen LogP contribution >= 0.6 is 22.6 Å². The van der Waals surface area contributed by atoms with E-state index in [1.807, 2.05) is 76.3 Å². The molecule has 3 fully saturated rings. The van der Waals surface area contributed by atoms with E-state index in [4.69, 9.17) is 4.74 Å². The number of rotatable bonds is 2. The molecular weight excluding hydrogens is 599 g/mol. The molecule has 2 heterocycles. The van der Waals surface area contributed by atoms with Gasteiger partial charge < -0.3 is 9.84 Å². The molecule has 1 aromatic rings. The Bertz CT molecular complexity index is 1290. The van der Waals surface area contributed by atoms with Crippen LogP contribution in [0.4, 0.5) is 0 Å². The van der Waals surface area contributed by atoms with Gasteiger partial charge in [0.2, 0.25) is 23.6 Å². The highest BCUT2D eigenvalue weighted by molar-refractivity contribution is 14.1. The zero-order valence-electron chi connectivity index (χ0n) is 22.9. The molecule has 4 amide bonds. The summed E-state index contributed by atoms with van der Waals surface area (Å²) < 4.78 is 6.01. The molecule has 0 radical (unpaired) electrons. The zero-order valence-corrected chi connectivity index (χ0v) is 25.0. The molecule has 2 aliphatic heterocycles. The van der Waals surface area contributed by atoms with Gasteiger partial charge in [-0.25, -0.2) is 0 Å². The number of allylic oxidation sites excluding steroid dienone is 2. The molecule has 0 bridgehead atoms. The predicted octanol–water partition coefficient (Wildman–Crippen LogP) is 4.24. The summed E-state index contributed by atoms with van der Waals surface area (Å²) in [5.74, 6) is -3.55. The van der Waals surface area contributed by atoms with Gasteiger partial charge in [-0.15, -0.1) is 0 Å². The number of phenolic OH excluding ortho intramolecular Hbond substituents is 1. The molecule has 1 saturated carbocycles. The number of aromatic hydroxyl groups is 1. The number of carbonyl (C=O) groups excluding carboxylic acids is 4. The summed E-state index contributed by atoms with van der Waals surface area (Å²) in [6, 6.07) is 3.56. The van der Waals surface area contributed by atoms with E-state index in [0.717, 1.165) is 11.1 Å². The second-order valence-corrected chi connectivity index (χ2v) is 14.1. The van der Waals surface area contributed by atoms with Crippen LogP contribution in [0.2, 0.25) is 0 Å². The van der Waals surface area contributed by atoms with Crippen molar-refractivity contribution in [1.82, 2.24) is 9.80 Å². The van der Waals surface area contributed by atoms with E-state index in [1.54, 1.807) is 6.07 Å². The highest BCUT2D eigenvalue weighted by atomic mass is 127. The lowest BCUT2D eigenvalue weighted by Gasteiger charge is -2.44. The van der Waals surface area contributed by atoms with Gasteiger partial charge in [0.25, 0.3) is 0 Å². The molecule has 1 N–H and O–H groups in total. The molecule has 0 spiro atoms. The van der Waals surface area contributed by atoms with Crippen LogP contribution in [0.3, 0.4) is 0 Å². The molecule has 9 heteroatoms. The number of likely N-dealkylation sites (tertiary alicyclic amines) is 2. The maximum atomic E-state index is 14.0. The van der Waals surface area contributed by atoms with Gasteiger partial charge in [0, 0.05) is 17.0 Å². The fraction of sp³-hybridized carbons (Fsp3) is 0.586. The topological polar surface area (TPSA) is 104 Å². The summed E-state index contributed by atoms with van der Waals surface area (Å²) in [6.45, 7) is 11.1. The first-order valence-corrected chi connectivity index (χ1v) is 14.2. The van der Waals surface area contributed by atoms with Gasteiger partial charge in [0.05, 0.1) is 34.4 Å². The van der Waals surface area contributed by atoms with Crippen LogP contribution < -0.4 is 4.74 Å². The minimum Gasteiger partial charge on any atom is -0.504 e. The van der Waals surface area contributed by atoms with Crippen LogP contribution in [0.1, 0.15) is 65.9 Å². The number of nitrogens with zero attached hydrogens (tertiary/aromatic N) is 2. The Balaban J connectivity index is 1.69. The van der Waals surface area contributed by atoms with E-state index in [-0.39, 0.29) is 41.0 Å². The second kappa shape index (κ2) is 8.79. The third-order valence-corrected chi connectivity index (χ3v) is 9.44. The minimum absolute atomic E-state index is 0.0148. The summed E-state index contributed by atoms with van der Waals surface area (Å²) in [5, 5.41) is 10.5. The highest BCUT2D eigenvalue weighted by Gasteiger charge is 2.63. The lowest BCUT2D eigenvalue weighted by molar-refractivity contribution is -0.147. The number of phenols is 1. The molecule has 6 atom stereocenters. The lowest BCUT2D eigenvalue weighted by Crippen LogP contribution is -2.47. The molecule has 5 rings (SSSR count). The van der Waals surface area contributed by atoms with E-state index in [2.05, 4.69) is 0 Å².